The Morgan fingerprint density at radius 1 is 1.48 bits per heavy atom. The minimum atomic E-state index is -0.546. The highest BCUT2D eigenvalue weighted by Crippen LogP contribution is 2.32. The van der Waals surface area contributed by atoms with E-state index in [-0.39, 0.29) is 6.61 Å². The number of carbonyl (C=O) groups is 1. The van der Waals surface area contributed by atoms with Gasteiger partial charge in [-0.3, -0.25) is 4.79 Å². The van der Waals surface area contributed by atoms with Crippen molar-refractivity contribution in [1.29, 1.82) is 0 Å². The van der Waals surface area contributed by atoms with E-state index in [1.54, 1.807) is 12.1 Å². The number of halogens is 2. The number of benzene rings is 1. The highest BCUT2D eigenvalue weighted by molar-refractivity contribution is 6.35. The van der Waals surface area contributed by atoms with Crippen LogP contribution in [0.1, 0.15) is 18.4 Å². The van der Waals surface area contributed by atoms with Crippen LogP contribution in [0.4, 0.5) is 0 Å². The van der Waals surface area contributed by atoms with Crippen molar-refractivity contribution in [3.05, 3.63) is 27.7 Å². The van der Waals surface area contributed by atoms with Gasteiger partial charge in [-0.05, 0) is 25.0 Å². The third kappa shape index (κ3) is 5.04. The molecule has 7 heteroatoms. The summed E-state index contributed by atoms with van der Waals surface area (Å²) >= 11 is 12.1. The second-order valence-corrected chi connectivity index (χ2v) is 5.84. The van der Waals surface area contributed by atoms with Crippen LogP contribution in [0.5, 0.6) is 5.75 Å². The molecule has 1 aromatic rings. The second-order valence-electron chi connectivity index (χ2n) is 4.99. The van der Waals surface area contributed by atoms with Crippen LogP contribution < -0.4 is 15.8 Å². The maximum atomic E-state index is 10.9. The highest BCUT2D eigenvalue weighted by atomic mass is 35.5. The summed E-state index contributed by atoms with van der Waals surface area (Å²) in [7, 11) is 0. The largest absolute Gasteiger partial charge is 0.482 e. The van der Waals surface area contributed by atoms with E-state index in [9.17, 15) is 4.79 Å². The first-order chi connectivity index (χ1) is 10.1. The molecule has 2 rings (SSSR count). The summed E-state index contributed by atoms with van der Waals surface area (Å²) in [4.78, 5) is 10.9. The molecule has 0 spiro atoms. The fourth-order valence-electron chi connectivity index (χ4n) is 2.33. The molecule has 0 unspecified atom stereocenters. The topological polar surface area (TPSA) is 78.2 Å². The molecule has 0 aliphatic carbocycles. The Kier molecular flexibility index (Phi) is 6.11. The molecule has 0 radical (unpaired) electrons. The molecule has 1 aromatic carbocycles. The average molecular weight is 334 g/mol. The zero-order valence-electron chi connectivity index (χ0n) is 11.6. The summed E-state index contributed by atoms with van der Waals surface area (Å²) < 4.78 is 11.0. The molecule has 0 aromatic heterocycles. The maximum absolute atomic E-state index is 10.9. The lowest BCUT2D eigenvalue weighted by molar-refractivity contribution is -0.676. The highest BCUT2D eigenvalue weighted by Gasteiger charge is 2.18. The summed E-state index contributed by atoms with van der Waals surface area (Å²) in [5.41, 5.74) is 5.94. The minimum Gasteiger partial charge on any atom is -0.482 e. The number of carbonyl (C=O) groups excluding carboxylic acids is 1. The van der Waals surface area contributed by atoms with Crippen molar-refractivity contribution >= 4 is 29.1 Å². The number of hydrogen-bond acceptors (Lipinski definition) is 3. The van der Waals surface area contributed by atoms with Crippen LogP contribution in [0, 0.1) is 0 Å². The average Bonchev–Trinajstić information content (AvgIpc) is 2.90. The van der Waals surface area contributed by atoms with E-state index in [0.29, 0.717) is 28.4 Å². The predicted octanol–water partition coefficient (Wildman–Crippen LogP) is 1.10. The van der Waals surface area contributed by atoms with Crippen LogP contribution in [0.25, 0.3) is 0 Å². The zero-order valence-corrected chi connectivity index (χ0v) is 13.1. The van der Waals surface area contributed by atoms with Crippen molar-refractivity contribution in [1.82, 2.24) is 0 Å². The molecule has 1 saturated heterocycles. The Morgan fingerprint density at radius 2 is 2.29 bits per heavy atom. The summed E-state index contributed by atoms with van der Waals surface area (Å²) in [5.74, 6) is -0.0845. The van der Waals surface area contributed by atoms with Crippen LogP contribution in [0.15, 0.2) is 12.1 Å². The summed E-state index contributed by atoms with van der Waals surface area (Å²) in [6, 6.07) is 3.37. The van der Waals surface area contributed by atoms with Crippen LogP contribution >= 0.6 is 23.2 Å². The Morgan fingerprint density at radius 3 is 2.95 bits per heavy atom. The van der Waals surface area contributed by atoms with E-state index in [1.165, 1.54) is 0 Å². The lowest BCUT2D eigenvalue weighted by Crippen LogP contribution is -2.84. The van der Waals surface area contributed by atoms with Crippen molar-refractivity contribution in [2.75, 3.05) is 19.8 Å². The summed E-state index contributed by atoms with van der Waals surface area (Å²) in [6.45, 7) is 2.15. The van der Waals surface area contributed by atoms with E-state index in [0.717, 1.165) is 31.6 Å². The Bertz CT molecular complexity index is 505. The van der Waals surface area contributed by atoms with Gasteiger partial charge in [0.1, 0.15) is 24.9 Å². The summed E-state index contributed by atoms with van der Waals surface area (Å²) in [6.07, 6.45) is 2.52. The van der Waals surface area contributed by atoms with Crippen molar-refractivity contribution < 1.29 is 19.6 Å². The molecule has 1 aliphatic heterocycles. The van der Waals surface area contributed by atoms with Crippen LogP contribution in [-0.4, -0.2) is 31.8 Å². The van der Waals surface area contributed by atoms with Crippen molar-refractivity contribution in [2.24, 2.45) is 5.73 Å². The maximum Gasteiger partial charge on any atom is 0.255 e. The van der Waals surface area contributed by atoms with E-state index >= 15 is 0 Å². The zero-order chi connectivity index (χ0) is 15.2. The first kappa shape index (κ1) is 16.4. The number of ether oxygens (including phenoxy) is 2. The monoisotopic (exact) mass is 333 g/mol. The number of primary amides is 1. The molecule has 1 amide bonds. The Labute approximate surface area is 133 Å². The molecule has 0 bridgehead atoms. The van der Waals surface area contributed by atoms with Gasteiger partial charge in [0, 0.05) is 11.6 Å². The molecular formula is C14H19Cl2N2O3+. The van der Waals surface area contributed by atoms with Gasteiger partial charge in [-0.1, -0.05) is 23.2 Å². The fraction of sp³-hybridized carbons (Fsp3) is 0.500. The standard InChI is InChI=1S/C14H18Cl2N2O3/c15-10-4-9(6-18-7-11-2-1-3-20-11)14(12(16)5-10)21-8-13(17)19/h4-5,11,18H,1-3,6-8H2,(H2,17,19)/p+1/t11-/m0/s1. The molecule has 116 valence electrons. The SMILES string of the molecule is NC(=O)COc1c(Cl)cc(Cl)cc1C[NH2+]C[C@@H]1CCCO1. The molecule has 1 atom stereocenters. The molecule has 0 saturated carbocycles. The minimum absolute atomic E-state index is 0.208. The van der Waals surface area contributed by atoms with Gasteiger partial charge in [-0.15, -0.1) is 0 Å². The van der Waals surface area contributed by atoms with Gasteiger partial charge >= 0.3 is 0 Å². The molecule has 5 nitrogen and oxygen atoms in total. The van der Waals surface area contributed by atoms with Crippen LogP contribution in [0.3, 0.4) is 0 Å². The van der Waals surface area contributed by atoms with Crippen molar-refractivity contribution in [2.45, 2.75) is 25.5 Å². The quantitative estimate of drug-likeness (QED) is 0.784. The molecule has 21 heavy (non-hydrogen) atoms. The second kappa shape index (κ2) is 7.84. The van der Waals surface area contributed by atoms with Crippen LogP contribution in [0.2, 0.25) is 10.0 Å². The Hall–Kier alpha value is -1.01. The van der Waals surface area contributed by atoms with Crippen molar-refractivity contribution in [3.8, 4) is 5.75 Å². The lowest BCUT2D eigenvalue weighted by Gasteiger charge is -2.13. The van der Waals surface area contributed by atoms with Gasteiger partial charge in [0.25, 0.3) is 5.91 Å². The summed E-state index contributed by atoms with van der Waals surface area (Å²) in [5, 5.41) is 3.03. The number of quaternary nitrogens is 1. The normalized spacial score (nSPS) is 17.9. The van der Waals surface area contributed by atoms with Gasteiger partial charge in [-0.25, -0.2) is 0 Å². The number of amides is 1. The van der Waals surface area contributed by atoms with E-state index in [2.05, 4.69) is 5.32 Å². The third-order valence-electron chi connectivity index (χ3n) is 3.26. The smallest absolute Gasteiger partial charge is 0.255 e. The molecule has 1 aliphatic rings. The predicted molar refractivity (Wildman–Crippen MR) is 80.6 cm³/mol. The molecule has 1 heterocycles. The number of rotatable bonds is 7. The molecule has 1 fully saturated rings. The van der Waals surface area contributed by atoms with Crippen molar-refractivity contribution in [3.63, 3.8) is 0 Å². The van der Waals surface area contributed by atoms with Crippen LogP contribution in [-0.2, 0) is 16.1 Å². The fourth-order valence-corrected chi connectivity index (χ4v) is 2.92. The third-order valence-corrected chi connectivity index (χ3v) is 3.76. The van der Waals surface area contributed by atoms with Gasteiger partial charge in [0.15, 0.2) is 6.61 Å². The van der Waals surface area contributed by atoms with E-state index in [4.69, 9.17) is 38.4 Å². The molecular weight excluding hydrogens is 315 g/mol. The van der Waals surface area contributed by atoms with Gasteiger partial charge in [-0.2, -0.15) is 0 Å². The van der Waals surface area contributed by atoms with Gasteiger partial charge < -0.3 is 20.5 Å². The first-order valence-corrected chi connectivity index (χ1v) is 7.64. The number of nitrogens with two attached hydrogens (primary N) is 2. The van der Waals surface area contributed by atoms with E-state index < -0.39 is 5.91 Å². The Balaban J connectivity index is 1.99. The molecule has 4 N–H and O–H groups in total. The van der Waals surface area contributed by atoms with E-state index in [1.807, 2.05) is 0 Å². The number of hydrogen-bond donors (Lipinski definition) is 2. The van der Waals surface area contributed by atoms with Gasteiger partial charge in [0.05, 0.1) is 10.6 Å². The first-order valence-electron chi connectivity index (χ1n) is 6.88. The lowest BCUT2D eigenvalue weighted by atomic mass is 10.2. The van der Waals surface area contributed by atoms with Gasteiger partial charge in [0.2, 0.25) is 0 Å².